The third-order valence-corrected chi connectivity index (χ3v) is 4.17. The molecular weight excluding hydrogens is 234 g/mol. The van der Waals surface area contributed by atoms with Crippen molar-refractivity contribution in [3.8, 4) is 0 Å². The smallest absolute Gasteiger partial charge is 0.189 e. The van der Waals surface area contributed by atoms with Crippen molar-refractivity contribution >= 4 is 5.96 Å². The van der Waals surface area contributed by atoms with E-state index in [-0.39, 0.29) is 5.41 Å². The molecule has 1 aliphatic carbocycles. The van der Waals surface area contributed by atoms with Crippen LogP contribution in [0.4, 0.5) is 0 Å². The molecule has 0 amide bonds. The highest BCUT2D eigenvalue weighted by Gasteiger charge is 2.41. The molecule has 0 radical (unpaired) electrons. The quantitative estimate of drug-likeness (QED) is 0.645. The molecule has 0 bridgehead atoms. The molecule has 1 atom stereocenters. The predicted octanol–water partition coefficient (Wildman–Crippen LogP) is 2.81. The average Bonchev–Trinajstić information content (AvgIpc) is 2.37. The van der Waals surface area contributed by atoms with Crippen molar-refractivity contribution in [1.82, 2.24) is 5.32 Å². The van der Waals surface area contributed by atoms with Gasteiger partial charge in [-0.25, -0.2) is 0 Å². The minimum Gasteiger partial charge on any atom is -0.370 e. The van der Waals surface area contributed by atoms with E-state index in [0.717, 1.165) is 19.3 Å². The van der Waals surface area contributed by atoms with Crippen LogP contribution in [0.2, 0.25) is 0 Å². The first-order chi connectivity index (χ1) is 9.03. The number of guanidine groups is 1. The van der Waals surface area contributed by atoms with Gasteiger partial charge in [0.05, 0.1) is 6.04 Å². The van der Waals surface area contributed by atoms with Crippen molar-refractivity contribution in [3.63, 3.8) is 0 Å². The van der Waals surface area contributed by atoms with Gasteiger partial charge in [-0.3, -0.25) is 4.99 Å². The van der Waals surface area contributed by atoms with E-state index in [9.17, 15) is 0 Å². The summed E-state index contributed by atoms with van der Waals surface area (Å²) in [6.07, 6.45) is 3.22. The Balaban J connectivity index is 1.91. The van der Waals surface area contributed by atoms with Crippen molar-refractivity contribution in [1.29, 1.82) is 0 Å². The van der Waals surface area contributed by atoms with Crippen LogP contribution in [0.1, 0.15) is 45.6 Å². The molecule has 3 heteroatoms. The van der Waals surface area contributed by atoms with Gasteiger partial charge >= 0.3 is 0 Å². The van der Waals surface area contributed by atoms with Gasteiger partial charge in [0, 0.05) is 6.04 Å². The number of hydrogen-bond acceptors (Lipinski definition) is 1. The first-order valence-electron chi connectivity index (χ1n) is 7.19. The minimum atomic E-state index is 0.270. The van der Waals surface area contributed by atoms with Gasteiger partial charge in [-0.05, 0) is 37.2 Å². The molecule has 1 saturated carbocycles. The standard InChI is InChI=1S/C16H25N3/c1-4-12(2)18-15(17)19-14-10-16(3,11-14)13-8-6-5-7-9-13/h5-9,12,14H,4,10-11H2,1-3H3,(H3,17,18,19). The first-order valence-corrected chi connectivity index (χ1v) is 7.19. The SMILES string of the molecule is CCC(C)NC(N)=NC1CC(C)(c2ccccc2)C1. The summed E-state index contributed by atoms with van der Waals surface area (Å²) < 4.78 is 0. The van der Waals surface area contributed by atoms with E-state index in [2.05, 4.69) is 61.4 Å². The third-order valence-electron chi connectivity index (χ3n) is 4.17. The maximum atomic E-state index is 5.93. The average molecular weight is 259 g/mol. The Kier molecular flexibility index (Phi) is 4.13. The molecule has 0 aliphatic heterocycles. The Labute approximate surface area is 116 Å². The van der Waals surface area contributed by atoms with Crippen LogP contribution in [-0.2, 0) is 5.41 Å². The molecule has 2 rings (SSSR count). The molecular formula is C16H25N3. The van der Waals surface area contributed by atoms with E-state index in [4.69, 9.17) is 5.73 Å². The number of nitrogens with two attached hydrogens (primary N) is 1. The van der Waals surface area contributed by atoms with Gasteiger partial charge in [0.1, 0.15) is 0 Å². The lowest BCUT2D eigenvalue weighted by Gasteiger charge is -2.44. The Bertz CT molecular complexity index is 433. The third kappa shape index (κ3) is 3.28. The molecule has 0 aromatic heterocycles. The van der Waals surface area contributed by atoms with Crippen LogP contribution in [0, 0.1) is 0 Å². The molecule has 0 heterocycles. The van der Waals surface area contributed by atoms with Crippen LogP contribution in [0.25, 0.3) is 0 Å². The lowest BCUT2D eigenvalue weighted by molar-refractivity contribution is 0.228. The van der Waals surface area contributed by atoms with Crippen LogP contribution >= 0.6 is 0 Å². The summed E-state index contributed by atoms with van der Waals surface area (Å²) in [7, 11) is 0. The fourth-order valence-corrected chi connectivity index (χ4v) is 2.74. The molecule has 0 saturated heterocycles. The molecule has 19 heavy (non-hydrogen) atoms. The molecule has 0 spiro atoms. The largest absolute Gasteiger partial charge is 0.370 e. The molecule has 1 unspecified atom stereocenters. The Morgan fingerprint density at radius 1 is 1.42 bits per heavy atom. The number of rotatable bonds is 4. The normalized spacial score (nSPS) is 28.6. The van der Waals surface area contributed by atoms with Gasteiger partial charge in [-0.15, -0.1) is 0 Å². The van der Waals surface area contributed by atoms with Gasteiger partial charge in [0.25, 0.3) is 0 Å². The van der Waals surface area contributed by atoms with Crippen molar-refractivity contribution in [3.05, 3.63) is 35.9 Å². The summed E-state index contributed by atoms with van der Waals surface area (Å²) in [6.45, 7) is 6.57. The van der Waals surface area contributed by atoms with Gasteiger partial charge < -0.3 is 11.1 Å². The van der Waals surface area contributed by atoms with Crippen LogP contribution in [-0.4, -0.2) is 18.0 Å². The van der Waals surface area contributed by atoms with Crippen molar-refractivity contribution < 1.29 is 0 Å². The van der Waals surface area contributed by atoms with E-state index in [0.29, 0.717) is 18.0 Å². The zero-order chi connectivity index (χ0) is 13.9. The van der Waals surface area contributed by atoms with Crippen molar-refractivity contribution in [2.75, 3.05) is 0 Å². The second-order valence-electron chi connectivity index (χ2n) is 5.96. The second kappa shape index (κ2) is 5.64. The van der Waals surface area contributed by atoms with Gasteiger partial charge in [0.2, 0.25) is 0 Å². The summed E-state index contributed by atoms with van der Waals surface area (Å²) in [5, 5.41) is 3.22. The predicted molar refractivity (Wildman–Crippen MR) is 81.3 cm³/mol. The minimum absolute atomic E-state index is 0.270. The molecule has 104 valence electrons. The summed E-state index contributed by atoms with van der Waals surface area (Å²) in [5.74, 6) is 0.592. The number of aliphatic imine (C=N–C) groups is 1. The molecule has 1 aromatic carbocycles. The number of hydrogen-bond donors (Lipinski definition) is 2. The van der Waals surface area contributed by atoms with Crippen LogP contribution in [0.5, 0.6) is 0 Å². The highest BCUT2D eigenvalue weighted by Crippen LogP contribution is 2.44. The zero-order valence-corrected chi connectivity index (χ0v) is 12.2. The lowest BCUT2D eigenvalue weighted by atomic mass is 9.63. The summed E-state index contributed by atoms with van der Waals surface area (Å²) in [4.78, 5) is 4.57. The Morgan fingerprint density at radius 2 is 2.05 bits per heavy atom. The molecule has 1 aliphatic rings. The van der Waals surface area contributed by atoms with Crippen LogP contribution < -0.4 is 11.1 Å². The second-order valence-corrected chi connectivity index (χ2v) is 5.96. The maximum Gasteiger partial charge on any atom is 0.189 e. The van der Waals surface area contributed by atoms with Crippen LogP contribution in [0.3, 0.4) is 0 Å². The zero-order valence-electron chi connectivity index (χ0n) is 12.2. The fourth-order valence-electron chi connectivity index (χ4n) is 2.74. The molecule has 1 aromatic rings. The Morgan fingerprint density at radius 3 is 2.63 bits per heavy atom. The molecule has 3 nitrogen and oxygen atoms in total. The van der Waals surface area contributed by atoms with E-state index >= 15 is 0 Å². The maximum absolute atomic E-state index is 5.93. The van der Waals surface area contributed by atoms with Gasteiger partial charge in [0.15, 0.2) is 5.96 Å². The van der Waals surface area contributed by atoms with Crippen LogP contribution in [0.15, 0.2) is 35.3 Å². The van der Waals surface area contributed by atoms with E-state index in [1.807, 2.05) is 0 Å². The number of nitrogens with zero attached hydrogens (tertiary/aromatic N) is 1. The number of nitrogens with one attached hydrogen (secondary N) is 1. The first kappa shape index (κ1) is 13.9. The summed E-state index contributed by atoms with van der Waals surface area (Å²) in [5.41, 5.74) is 7.61. The summed E-state index contributed by atoms with van der Waals surface area (Å²) in [6, 6.07) is 11.5. The monoisotopic (exact) mass is 259 g/mol. The molecule has 1 fully saturated rings. The van der Waals surface area contributed by atoms with E-state index in [1.54, 1.807) is 0 Å². The summed E-state index contributed by atoms with van der Waals surface area (Å²) >= 11 is 0. The van der Waals surface area contributed by atoms with Gasteiger partial charge in [-0.1, -0.05) is 44.2 Å². The Hall–Kier alpha value is -1.51. The van der Waals surface area contributed by atoms with E-state index in [1.165, 1.54) is 5.56 Å². The van der Waals surface area contributed by atoms with Gasteiger partial charge in [-0.2, -0.15) is 0 Å². The molecule has 3 N–H and O–H groups in total. The highest BCUT2D eigenvalue weighted by molar-refractivity contribution is 5.78. The fraction of sp³-hybridized carbons (Fsp3) is 0.562. The number of benzene rings is 1. The lowest BCUT2D eigenvalue weighted by Crippen LogP contribution is -2.45. The topological polar surface area (TPSA) is 50.4 Å². The van der Waals surface area contributed by atoms with Crippen molar-refractivity contribution in [2.45, 2.75) is 57.5 Å². The van der Waals surface area contributed by atoms with Crippen molar-refractivity contribution in [2.24, 2.45) is 10.7 Å². The van der Waals surface area contributed by atoms with E-state index < -0.39 is 0 Å². The highest BCUT2D eigenvalue weighted by atomic mass is 15.1.